The number of allylic oxidation sites excluding steroid dienone is 4. The lowest BCUT2D eigenvalue weighted by Crippen LogP contribution is -2.50. The van der Waals surface area contributed by atoms with Crippen molar-refractivity contribution in [2.24, 2.45) is 11.8 Å². The first-order chi connectivity index (χ1) is 22.6. The third-order valence-electron chi connectivity index (χ3n) is 9.02. The van der Waals surface area contributed by atoms with Gasteiger partial charge in [0, 0.05) is 30.9 Å². The molecule has 4 N–H and O–H groups in total. The number of carboxylic acid groups (broad SMARTS) is 3. The van der Waals surface area contributed by atoms with E-state index in [0.29, 0.717) is 37.7 Å². The average molecular weight is 675 g/mol. The number of carboxylic acids is 3. The first-order valence-electron chi connectivity index (χ1n) is 16.9. The number of ether oxygens (including phenoxy) is 3. The summed E-state index contributed by atoms with van der Waals surface area (Å²) in [6.45, 7) is 9.51. The van der Waals surface area contributed by atoms with Crippen molar-refractivity contribution in [2.45, 2.75) is 135 Å². The Labute approximate surface area is 284 Å². The number of hydrogen-bond acceptors (Lipinski definition) is 8. The van der Waals surface area contributed by atoms with Gasteiger partial charge in [0.05, 0.1) is 25.0 Å². The molecular weight excluding hydrogens is 620 g/mol. The highest BCUT2D eigenvalue weighted by atomic mass is 16.7. The minimum atomic E-state index is -1.11. The molecule has 2 rings (SSSR count). The largest absolute Gasteiger partial charge is 0.481 e. The third-order valence-corrected chi connectivity index (χ3v) is 9.02. The van der Waals surface area contributed by atoms with Gasteiger partial charge in [0.25, 0.3) is 0 Å². The van der Waals surface area contributed by atoms with Gasteiger partial charge in [0.1, 0.15) is 11.7 Å². The molecule has 48 heavy (non-hydrogen) atoms. The summed E-state index contributed by atoms with van der Waals surface area (Å²) in [5, 5.41) is 37.5. The van der Waals surface area contributed by atoms with E-state index in [1.54, 1.807) is 38.2 Å². The molecule has 1 spiro atoms. The van der Waals surface area contributed by atoms with Crippen LogP contribution >= 0.6 is 0 Å². The van der Waals surface area contributed by atoms with Crippen molar-refractivity contribution in [3.63, 3.8) is 0 Å². The second-order valence-electron chi connectivity index (χ2n) is 13.2. The molecule has 7 atom stereocenters. The molecule has 2 fully saturated rings. The van der Waals surface area contributed by atoms with Crippen LogP contribution in [0.15, 0.2) is 59.8 Å². The first kappa shape index (κ1) is 40.6. The maximum absolute atomic E-state index is 12.8. The van der Waals surface area contributed by atoms with E-state index in [9.17, 15) is 29.4 Å². The Bertz CT molecular complexity index is 1260. The van der Waals surface area contributed by atoms with Crippen molar-refractivity contribution in [1.82, 2.24) is 0 Å². The van der Waals surface area contributed by atoms with E-state index in [2.05, 4.69) is 13.8 Å². The van der Waals surface area contributed by atoms with Crippen LogP contribution in [-0.4, -0.2) is 74.0 Å². The molecule has 11 nitrogen and oxygen atoms in total. The van der Waals surface area contributed by atoms with Crippen LogP contribution in [0.5, 0.6) is 0 Å². The van der Waals surface area contributed by atoms with E-state index >= 15 is 0 Å². The summed E-state index contributed by atoms with van der Waals surface area (Å²) >= 11 is 0. The summed E-state index contributed by atoms with van der Waals surface area (Å²) < 4.78 is 19.6. The number of aliphatic hydroxyl groups is 1. The lowest BCUT2D eigenvalue weighted by molar-refractivity contribution is -0.308. The molecule has 0 radical (unpaired) electrons. The number of aliphatic hydroxyl groups excluding tert-OH is 1. The zero-order valence-electron chi connectivity index (χ0n) is 28.9. The first-order valence-corrected chi connectivity index (χ1v) is 16.9. The molecule has 2 aliphatic rings. The lowest BCUT2D eigenvalue weighted by Gasteiger charge is -2.44. The Balaban J connectivity index is 2.31. The number of carbonyl (C=O) groups is 4. The molecule has 7 unspecified atom stereocenters. The van der Waals surface area contributed by atoms with E-state index in [1.165, 1.54) is 6.08 Å². The molecule has 0 bridgehead atoms. The Kier molecular flexibility index (Phi) is 16.5. The van der Waals surface area contributed by atoms with Gasteiger partial charge in [-0.05, 0) is 57.1 Å². The van der Waals surface area contributed by atoms with Crippen LogP contribution in [0.4, 0.5) is 0 Å². The summed E-state index contributed by atoms with van der Waals surface area (Å²) in [7, 11) is 0. The van der Waals surface area contributed by atoms with Crippen molar-refractivity contribution < 1.29 is 53.8 Å². The number of hydrogen-bond donors (Lipinski definition) is 4. The number of esters is 1. The van der Waals surface area contributed by atoms with Crippen LogP contribution in [0.2, 0.25) is 0 Å². The number of unbranched alkanes of at least 4 members (excludes halogenated alkanes) is 2. The van der Waals surface area contributed by atoms with Crippen LogP contribution in [0, 0.1) is 11.8 Å². The predicted molar refractivity (Wildman–Crippen MR) is 180 cm³/mol. The van der Waals surface area contributed by atoms with Gasteiger partial charge in [-0.2, -0.15) is 0 Å². The standard InChI is InChI=1S/C37H54O11/c1-6-7-8-20-36(31(15-11-26(3)24-34(43)44)46-35(45)18-17-33(41)42)22-23-37(48-36)21-19-28(5)30(47-37)14-10-25(2)9-13-29(38)27(4)12-16-32(39)40/h9-13,15-16,24,27-31,38H,6-8,14,17-23H2,1-5H3,(H,39,40)(H,41,42)(H,43,44). The smallest absolute Gasteiger partial charge is 0.328 e. The minimum absolute atomic E-state index is 0.163. The van der Waals surface area contributed by atoms with Crippen LogP contribution < -0.4 is 0 Å². The second-order valence-corrected chi connectivity index (χ2v) is 13.2. The molecule has 2 saturated heterocycles. The highest BCUT2D eigenvalue weighted by Gasteiger charge is 2.56. The van der Waals surface area contributed by atoms with Gasteiger partial charge in [0.2, 0.25) is 0 Å². The molecule has 0 aromatic rings. The van der Waals surface area contributed by atoms with Crippen molar-refractivity contribution in [2.75, 3.05) is 0 Å². The highest BCUT2D eigenvalue weighted by Crippen LogP contribution is 2.51. The maximum atomic E-state index is 12.8. The fourth-order valence-electron chi connectivity index (χ4n) is 6.05. The molecular formula is C37H54O11. The molecule has 0 aromatic heterocycles. The van der Waals surface area contributed by atoms with Gasteiger partial charge >= 0.3 is 23.9 Å². The van der Waals surface area contributed by atoms with Gasteiger partial charge in [-0.15, -0.1) is 0 Å². The minimum Gasteiger partial charge on any atom is -0.481 e. The van der Waals surface area contributed by atoms with E-state index in [-0.39, 0.29) is 30.8 Å². The molecule has 2 heterocycles. The number of carbonyl (C=O) groups excluding carboxylic acids is 1. The zero-order valence-corrected chi connectivity index (χ0v) is 28.9. The quantitative estimate of drug-likeness (QED) is 0.0508. The van der Waals surface area contributed by atoms with Gasteiger partial charge in [-0.1, -0.05) is 76.0 Å². The molecule has 0 aliphatic carbocycles. The highest BCUT2D eigenvalue weighted by molar-refractivity contribution is 5.81. The van der Waals surface area contributed by atoms with Gasteiger partial charge in [-0.3, -0.25) is 9.59 Å². The van der Waals surface area contributed by atoms with E-state index in [4.69, 9.17) is 24.4 Å². The molecule has 0 aromatic carbocycles. The van der Waals surface area contributed by atoms with Crippen LogP contribution in [-0.2, 0) is 33.4 Å². The van der Waals surface area contributed by atoms with Gasteiger partial charge < -0.3 is 34.6 Å². The van der Waals surface area contributed by atoms with E-state index in [0.717, 1.165) is 43.4 Å². The molecule has 11 heteroatoms. The van der Waals surface area contributed by atoms with Crippen molar-refractivity contribution in [3.8, 4) is 0 Å². The van der Waals surface area contributed by atoms with E-state index in [1.807, 2.05) is 13.0 Å². The Morgan fingerprint density at radius 2 is 1.62 bits per heavy atom. The van der Waals surface area contributed by atoms with Crippen molar-refractivity contribution in [1.29, 1.82) is 0 Å². The summed E-state index contributed by atoms with van der Waals surface area (Å²) in [6.07, 6.45) is 16.2. The fraction of sp³-hybridized carbons (Fsp3) is 0.622. The normalized spacial score (nSPS) is 27.1. The van der Waals surface area contributed by atoms with Crippen molar-refractivity contribution in [3.05, 3.63) is 59.8 Å². The average Bonchev–Trinajstić information content (AvgIpc) is 3.38. The predicted octanol–water partition coefficient (Wildman–Crippen LogP) is 6.52. The molecule has 2 aliphatic heterocycles. The number of aliphatic carboxylic acids is 3. The van der Waals surface area contributed by atoms with E-state index < -0.39 is 47.5 Å². The van der Waals surface area contributed by atoms with Crippen molar-refractivity contribution >= 4 is 23.9 Å². The lowest BCUT2D eigenvalue weighted by atomic mass is 9.85. The number of rotatable bonds is 19. The fourth-order valence-corrected chi connectivity index (χ4v) is 6.05. The van der Waals surface area contributed by atoms with Crippen LogP contribution in [0.25, 0.3) is 0 Å². The molecule has 0 amide bonds. The zero-order chi connectivity index (χ0) is 35.9. The van der Waals surface area contributed by atoms with Gasteiger partial charge in [0.15, 0.2) is 5.79 Å². The summed E-state index contributed by atoms with van der Waals surface area (Å²) in [5.74, 6) is -4.98. The summed E-state index contributed by atoms with van der Waals surface area (Å²) in [4.78, 5) is 46.0. The summed E-state index contributed by atoms with van der Waals surface area (Å²) in [5.41, 5.74) is 0.418. The van der Waals surface area contributed by atoms with Gasteiger partial charge in [-0.25, -0.2) is 9.59 Å². The van der Waals surface area contributed by atoms with Crippen LogP contribution in [0.3, 0.4) is 0 Å². The monoisotopic (exact) mass is 674 g/mol. The SMILES string of the molecule is CCCCCC1(C(C=CC(C)=CC(=O)O)OC(=O)CCC(=O)O)CCC2(CCC(C)C(CC=C(C)C=CC(O)C(C)C=CC(=O)O)O2)O1. The third kappa shape index (κ3) is 13.5. The van der Waals surface area contributed by atoms with Crippen LogP contribution in [0.1, 0.15) is 105 Å². The topological polar surface area (TPSA) is 177 Å². The maximum Gasteiger partial charge on any atom is 0.328 e. The Hall–Kier alpha value is -3.54. The molecule has 0 saturated carbocycles. The Morgan fingerprint density at radius 3 is 2.27 bits per heavy atom. The Morgan fingerprint density at radius 1 is 0.917 bits per heavy atom. The second kappa shape index (κ2) is 19.5. The summed E-state index contributed by atoms with van der Waals surface area (Å²) in [6, 6.07) is 0. The molecule has 268 valence electrons.